The van der Waals surface area contributed by atoms with Crippen LogP contribution in [0.5, 0.6) is 0 Å². The highest BCUT2D eigenvalue weighted by molar-refractivity contribution is 5.81. The Labute approximate surface area is 98.2 Å². The lowest BCUT2D eigenvalue weighted by molar-refractivity contribution is -0.122. The molecule has 1 aromatic carbocycles. The number of hydrogen-bond acceptors (Lipinski definition) is 2. The van der Waals surface area contributed by atoms with Gasteiger partial charge in [0, 0.05) is 12.1 Å². The van der Waals surface area contributed by atoms with E-state index in [4.69, 9.17) is 0 Å². The highest BCUT2D eigenvalue weighted by Gasteiger charge is 2.21. The van der Waals surface area contributed by atoms with Crippen molar-refractivity contribution >= 4 is 5.91 Å². The number of benzene rings is 1. The lowest BCUT2D eigenvalue weighted by Gasteiger charge is -2.11. The molecule has 2 N–H and O–H groups in total. The van der Waals surface area contributed by atoms with Crippen LogP contribution in [0.3, 0.4) is 0 Å². The van der Waals surface area contributed by atoms with Crippen molar-refractivity contribution in [3.63, 3.8) is 0 Å². The first-order chi connectivity index (χ1) is 8.16. The second-order valence-corrected chi connectivity index (χ2v) is 4.10. The van der Waals surface area contributed by atoms with Crippen molar-refractivity contribution in [2.24, 2.45) is 0 Å². The SMILES string of the molecule is O=C(NCc1cc(F)ccc1F)C1CCCN1. The Morgan fingerprint density at radius 3 is 3.00 bits per heavy atom. The smallest absolute Gasteiger partial charge is 0.237 e. The molecule has 1 unspecified atom stereocenters. The van der Waals surface area contributed by atoms with Gasteiger partial charge in [-0.25, -0.2) is 8.78 Å². The van der Waals surface area contributed by atoms with Crippen molar-refractivity contribution in [3.05, 3.63) is 35.4 Å². The summed E-state index contributed by atoms with van der Waals surface area (Å²) in [7, 11) is 0. The molecule has 1 heterocycles. The maximum atomic E-state index is 13.3. The molecule has 0 bridgehead atoms. The van der Waals surface area contributed by atoms with Gasteiger partial charge in [0.15, 0.2) is 0 Å². The van der Waals surface area contributed by atoms with E-state index in [9.17, 15) is 13.6 Å². The molecule has 1 aromatic rings. The first kappa shape index (κ1) is 12.0. The fraction of sp³-hybridized carbons (Fsp3) is 0.417. The van der Waals surface area contributed by atoms with Crippen LogP contribution >= 0.6 is 0 Å². The monoisotopic (exact) mass is 240 g/mol. The summed E-state index contributed by atoms with van der Waals surface area (Å²) in [5, 5.41) is 5.64. The van der Waals surface area contributed by atoms with E-state index in [0.29, 0.717) is 0 Å². The molecule has 0 spiro atoms. The number of nitrogens with one attached hydrogen (secondary N) is 2. The van der Waals surface area contributed by atoms with E-state index in [-0.39, 0.29) is 24.1 Å². The van der Waals surface area contributed by atoms with Crippen LogP contribution in [0.2, 0.25) is 0 Å². The minimum atomic E-state index is -0.508. The molecule has 17 heavy (non-hydrogen) atoms. The Morgan fingerprint density at radius 1 is 1.47 bits per heavy atom. The number of hydrogen-bond donors (Lipinski definition) is 2. The summed E-state index contributed by atoms with van der Waals surface area (Å²) in [6.07, 6.45) is 1.75. The lowest BCUT2D eigenvalue weighted by Crippen LogP contribution is -2.40. The van der Waals surface area contributed by atoms with Crippen LogP contribution in [-0.2, 0) is 11.3 Å². The summed E-state index contributed by atoms with van der Waals surface area (Å²) in [5.41, 5.74) is 0.163. The number of rotatable bonds is 3. The molecular weight excluding hydrogens is 226 g/mol. The van der Waals surface area contributed by atoms with Crippen molar-refractivity contribution in [1.29, 1.82) is 0 Å². The molecule has 0 aliphatic carbocycles. The maximum absolute atomic E-state index is 13.3. The van der Waals surface area contributed by atoms with Crippen LogP contribution < -0.4 is 10.6 Å². The fourth-order valence-corrected chi connectivity index (χ4v) is 1.89. The topological polar surface area (TPSA) is 41.1 Å². The van der Waals surface area contributed by atoms with E-state index in [0.717, 1.165) is 37.6 Å². The summed E-state index contributed by atoms with van der Waals surface area (Å²) in [6, 6.07) is 3.01. The number of carbonyl (C=O) groups excluding carboxylic acids is 1. The van der Waals surface area contributed by atoms with Crippen molar-refractivity contribution in [2.45, 2.75) is 25.4 Å². The summed E-state index contributed by atoms with van der Waals surface area (Å²) in [5.74, 6) is -1.17. The molecule has 0 radical (unpaired) electrons. The number of halogens is 2. The molecule has 0 aromatic heterocycles. The largest absolute Gasteiger partial charge is 0.351 e. The molecule has 1 saturated heterocycles. The molecule has 5 heteroatoms. The number of carbonyl (C=O) groups is 1. The van der Waals surface area contributed by atoms with Gasteiger partial charge >= 0.3 is 0 Å². The summed E-state index contributed by atoms with van der Waals surface area (Å²) in [6.45, 7) is 0.840. The third-order valence-electron chi connectivity index (χ3n) is 2.84. The summed E-state index contributed by atoms with van der Waals surface area (Å²) < 4.78 is 26.1. The van der Waals surface area contributed by atoms with E-state index in [1.54, 1.807) is 0 Å². The predicted octanol–water partition coefficient (Wildman–Crippen LogP) is 1.33. The molecule has 1 amide bonds. The maximum Gasteiger partial charge on any atom is 0.237 e. The third-order valence-corrected chi connectivity index (χ3v) is 2.84. The first-order valence-corrected chi connectivity index (χ1v) is 5.62. The normalized spacial score (nSPS) is 19.3. The fourth-order valence-electron chi connectivity index (χ4n) is 1.89. The van der Waals surface area contributed by atoms with E-state index in [2.05, 4.69) is 10.6 Å². The van der Waals surface area contributed by atoms with Gasteiger partial charge in [-0.1, -0.05) is 0 Å². The molecule has 1 aliphatic rings. The third kappa shape index (κ3) is 3.00. The molecular formula is C12H14F2N2O. The minimum absolute atomic E-state index is 0.0145. The average Bonchev–Trinajstić information content (AvgIpc) is 2.83. The van der Waals surface area contributed by atoms with Gasteiger partial charge in [0.1, 0.15) is 11.6 Å². The van der Waals surface area contributed by atoms with Crippen molar-refractivity contribution < 1.29 is 13.6 Å². The van der Waals surface area contributed by atoms with E-state index < -0.39 is 11.6 Å². The Bertz CT molecular complexity index is 417. The Balaban J connectivity index is 1.92. The Hall–Kier alpha value is -1.49. The molecule has 1 aliphatic heterocycles. The predicted molar refractivity (Wildman–Crippen MR) is 59.2 cm³/mol. The molecule has 92 valence electrons. The molecule has 1 atom stereocenters. The van der Waals surface area contributed by atoms with Crippen molar-refractivity contribution in [2.75, 3.05) is 6.54 Å². The molecule has 1 fully saturated rings. The van der Waals surface area contributed by atoms with Crippen LogP contribution in [0.4, 0.5) is 8.78 Å². The van der Waals surface area contributed by atoms with Gasteiger partial charge in [-0.05, 0) is 37.6 Å². The van der Waals surface area contributed by atoms with Crippen LogP contribution in [0, 0.1) is 11.6 Å². The lowest BCUT2D eigenvalue weighted by atomic mass is 10.2. The van der Waals surface area contributed by atoms with Gasteiger partial charge in [0.25, 0.3) is 0 Å². The van der Waals surface area contributed by atoms with Crippen LogP contribution in [0.1, 0.15) is 18.4 Å². The summed E-state index contributed by atoms with van der Waals surface area (Å²) in [4.78, 5) is 11.6. The quantitative estimate of drug-likeness (QED) is 0.837. The summed E-state index contributed by atoms with van der Waals surface area (Å²) >= 11 is 0. The highest BCUT2D eigenvalue weighted by atomic mass is 19.1. The van der Waals surface area contributed by atoms with Gasteiger partial charge in [0.05, 0.1) is 6.04 Å². The second kappa shape index (κ2) is 5.23. The number of amides is 1. The molecule has 0 saturated carbocycles. The van der Waals surface area contributed by atoms with Crippen LogP contribution in [-0.4, -0.2) is 18.5 Å². The van der Waals surface area contributed by atoms with Gasteiger partial charge in [-0.2, -0.15) is 0 Å². The Morgan fingerprint density at radius 2 is 2.29 bits per heavy atom. The first-order valence-electron chi connectivity index (χ1n) is 5.62. The van der Waals surface area contributed by atoms with Crippen LogP contribution in [0.15, 0.2) is 18.2 Å². The Kier molecular flexibility index (Phi) is 3.68. The highest BCUT2D eigenvalue weighted by Crippen LogP contribution is 2.10. The van der Waals surface area contributed by atoms with Gasteiger partial charge < -0.3 is 10.6 Å². The van der Waals surface area contributed by atoms with Crippen molar-refractivity contribution in [3.8, 4) is 0 Å². The standard InChI is InChI=1S/C12H14F2N2O/c13-9-3-4-10(14)8(6-9)7-16-12(17)11-2-1-5-15-11/h3-4,6,11,15H,1-2,5,7H2,(H,16,17). The van der Waals surface area contributed by atoms with Gasteiger partial charge in [-0.15, -0.1) is 0 Å². The molecule has 3 nitrogen and oxygen atoms in total. The average molecular weight is 240 g/mol. The van der Waals surface area contributed by atoms with E-state index >= 15 is 0 Å². The van der Waals surface area contributed by atoms with Crippen molar-refractivity contribution in [1.82, 2.24) is 10.6 Å². The van der Waals surface area contributed by atoms with Gasteiger partial charge in [-0.3, -0.25) is 4.79 Å². The second-order valence-electron chi connectivity index (χ2n) is 4.10. The zero-order valence-corrected chi connectivity index (χ0v) is 9.30. The van der Waals surface area contributed by atoms with E-state index in [1.165, 1.54) is 0 Å². The van der Waals surface area contributed by atoms with E-state index in [1.807, 2.05) is 0 Å². The molecule has 2 rings (SSSR count). The van der Waals surface area contributed by atoms with Gasteiger partial charge in [0.2, 0.25) is 5.91 Å². The minimum Gasteiger partial charge on any atom is -0.351 e. The zero-order chi connectivity index (χ0) is 12.3. The van der Waals surface area contributed by atoms with Crippen LogP contribution in [0.25, 0.3) is 0 Å². The zero-order valence-electron chi connectivity index (χ0n) is 9.30.